The van der Waals surface area contributed by atoms with Gasteiger partial charge in [0.05, 0.1) is 0 Å². The van der Waals surface area contributed by atoms with Gasteiger partial charge in [-0.25, -0.2) is 9.97 Å². The molecule has 0 saturated heterocycles. The smallest absolute Gasteiger partial charge is 0.227 e. The maximum absolute atomic E-state index is 6.57. The van der Waals surface area contributed by atoms with E-state index in [9.17, 15) is 0 Å². The second-order valence-corrected chi connectivity index (χ2v) is 13.5. The topological polar surface area (TPSA) is 58.5 Å². The minimum atomic E-state index is 0.551. The Kier molecular flexibility index (Phi) is 8.39. The number of nitrogens with zero attached hydrogens (tertiary/aromatic N) is 4. The van der Waals surface area contributed by atoms with Crippen molar-refractivity contribution >= 4 is 56.3 Å². The molecule has 6 nitrogen and oxygen atoms in total. The predicted molar refractivity (Wildman–Crippen MR) is 227 cm³/mol. The van der Waals surface area contributed by atoms with Crippen molar-refractivity contribution in [3.05, 3.63) is 206 Å². The third kappa shape index (κ3) is 6.15. The normalized spacial score (nSPS) is 11.2. The Morgan fingerprint density at radius 2 is 0.589 bits per heavy atom. The van der Waals surface area contributed by atoms with E-state index < -0.39 is 0 Å². The van der Waals surface area contributed by atoms with Gasteiger partial charge in [0.2, 0.25) is 11.8 Å². The summed E-state index contributed by atoms with van der Waals surface area (Å²) >= 11 is 0. The molecule has 0 atom stereocenters. The maximum Gasteiger partial charge on any atom is 0.227 e. The molecule has 0 aliphatic rings. The van der Waals surface area contributed by atoms with Crippen LogP contribution in [0.25, 0.3) is 56.2 Å². The van der Waals surface area contributed by atoms with Crippen molar-refractivity contribution in [3.63, 3.8) is 0 Å². The molecule has 266 valence electrons. The Hall–Kier alpha value is -7.70. The third-order valence-corrected chi connectivity index (χ3v) is 9.92. The van der Waals surface area contributed by atoms with Crippen molar-refractivity contribution in [1.29, 1.82) is 0 Å². The van der Waals surface area contributed by atoms with E-state index in [1.807, 2.05) is 60.7 Å². The molecule has 0 bridgehead atoms. The number of fused-ring (bicyclic) bond motifs is 2. The van der Waals surface area contributed by atoms with E-state index in [4.69, 9.17) is 18.8 Å². The van der Waals surface area contributed by atoms with Crippen LogP contribution >= 0.6 is 0 Å². The van der Waals surface area contributed by atoms with Crippen LogP contribution < -0.4 is 9.80 Å². The third-order valence-electron chi connectivity index (χ3n) is 9.92. The van der Waals surface area contributed by atoms with Crippen molar-refractivity contribution in [1.82, 2.24) is 9.97 Å². The van der Waals surface area contributed by atoms with E-state index in [1.54, 1.807) is 0 Å². The van der Waals surface area contributed by atoms with Crippen LogP contribution in [0, 0.1) is 0 Å². The number of benzene rings is 8. The van der Waals surface area contributed by atoms with Crippen molar-refractivity contribution in [3.8, 4) is 34.0 Å². The van der Waals surface area contributed by atoms with Crippen LogP contribution in [0.4, 0.5) is 34.1 Å². The lowest BCUT2D eigenvalue weighted by Crippen LogP contribution is -2.09. The second kappa shape index (κ2) is 14.3. The van der Waals surface area contributed by atoms with Gasteiger partial charge in [0, 0.05) is 56.4 Å². The Morgan fingerprint density at radius 3 is 0.911 bits per heavy atom. The van der Waals surface area contributed by atoms with Crippen LogP contribution in [0.2, 0.25) is 0 Å². The highest BCUT2D eigenvalue weighted by molar-refractivity contribution is 6.00. The fourth-order valence-electron chi connectivity index (χ4n) is 7.28. The molecule has 2 heterocycles. The summed E-state index contributed by atoms with van der Waals surface area (Å²) in [5.74, 6) is 1.10. The van der Waals surface area contributed by atoms with Crippen molar-refractivity contribution in [2.24, 2.45) is 0 Å². The molecule has 0 aliphatic carbocycles. The molecular formula is C50H34N4O2. The molecule has 0 unspecified atom stereocenters. The van der Waals surface area contributed by atoms with Gasteiger partial charge < -0.3 is 18.6 Å². The number of hydrogen-bond donors (Lipinski definition) is 0. The molecule has 0 aliphatic heterocycles. The van der Waals surface area contributed by atoms with Crippen molar-refractivity contribution in [2.45, 2.75) is 0 Å². The zero-order valence-corrected chi connectivity index (χ0v) is 30.2. The van der Waals surface area contributed by atoms with E-state index in [2.05, 4.69) is 155 Å². The van der Waals surface area contributed by atoms with Gasteiger partial charge in [-0.15, -0.1) is 0 Å². The number of hydrogen-bond acceptors (Lipinski definition) is 6. The lowest BCUT2D eigenvalue weighted by molar-refractivity contribution is 0.616. The number of oxazole rings is 2. The maximum atomic E-state index is 6.57. The van der Waals surface area contributed by atoms with Gasteiger partial charge >= 0.3 is 0 Å². The first-order valence-corrected chi connectivity index (χ1v) is 18.6. The first kappa shape index (κ1) is 32.9. The van der Waals surface area contributed by atoms with Gasteiger partial charge in [-0.3, -0.25) is 0 Å². The lowest BCUT2D eigenvalue weighted by Gasteiger charge is -2.25. The fraction of sp³-hybridized carbons (Fsp3) is 0. The van der Waals surface area contributed by atoms with Crippen molar-refractivity contribution in [2.75, 3.05) is 9.80 Å². The zero-order valence-electron chi connectivity index (χ0n) is 30.2. The Morgan fingerprint density at radius 1 is 0.286 bits per heavy atom. The van der Waals surface area contributed by atoms with E-state index in [1.165, 1.54) is 0 Å². The summed E-state index contributed by atoms with van der Waals surface area (Å²) in [6.45, 7) is 0. The molecule has 0 saturated carbocycles. The number of para-hydroxylation sites is 6. The summed E-state index contributed by atoms with van der Waals surface area (Å²) in [4.78, 5) is 14.3. The molecule has 0 radical (unpaired) electrons. The monoisotopic (exact) mass is 722 g/mol. The molecule has 10 rings (SSSR count). The largest absolute Gasteiger partial charge is 0.435 e. The highest BCUT2D eigenvalue weighted by atomic mass is 16.4. The molecule has 6 heteroatoms. The van der Waals surface area contributed by atoms with E-state index >= 15 is 0 Å². The summed E-state index contributed by atoms with van der Waals surface area (Å²) in [6.07, 6.45) is 0. The zero-order chi connectivity index (χ0) is 37.3. The minimum Gasteiger partial charge on any atom is -0.435 e. The van der Waals surface area contributed by atoms with Gasteiger partial charge in [-0.05, 0) is 109 Å². The van der Waals surface area contributed by atoms with Crippen LogP contribution in [0.5, 0.6) is 0 Å². The van der Waals surface area contributed by atoms with Crippen LogP contribution in [0.15, 0.2) is 215 Å². The lowest BCUT2D eigenvalue weighted by atomic mass is 10.0. The van der Waals surface area contributed by atoms with E-state index in [0.717, 1.165) is 67.4 Å². The number of rotatable bonds is 9. The number of aromatic nitrogens is 2. The van der Waals surface area contributed by atoms with Crippen LogP contribution in [0.3, 0.4) is 0 Å². The van der Waals surface area contributed by atoms with E-state index in [-0.39, 0.29) is 0 Å². The first-order valence-electron chi connectivity index (χ1n) is 18.6. The fourth-order valence-corrected chi connectivity index (χ4v) is 7.28. The standard InChI is InChI=1S/C50H34N4O2/c1-5-15-37(16-6-1)53(38-17-7-2-8-18-38)41-31-27-35(28-32-41)49-51-45-25-13-23-43(47(45)55-49)44-24-14-26-46-48(44)56-50(52-46)36-29-33-42(34-30-36)54(39-19-9-3-10-20-39)40-21-11-4-12-22-40/h1-34H. The molecule has 0 spiro atoms. The molecule has 0 amide bonds. The summed E-state index contributed by atoms with van der Waals surface area (Å²) in [7, 11) is 0. The van der Waals surface area contributed by atoms with Gasteiger partial charge in [0.25, 0.3) is 0 Å². The highest BCUT2D eigenvalue weighted by Crippen LogP contribution is 2.40. The highest BCUT2D eigenvalue weighted by Gasteiger charge is 2.20. The second-order valence-electron chi connectivity index (χ2n) is 13.5. The molecule has 2 aromatic heterocycles. The average Bonchev–Trinajstić information content (AvgIpc) is 3.92. The summed E-state index contributed by atoms with van der Waals surface area (Å²) in [6, 6.07) is 70.2. The molecule has 0 fully saturated rings. The molecule has 56 heavy (non-hydrogen) atoms. The molecular weight excluding hydrogens is 689 g/mol. The van der Waals surface area contributed by atoms with Gasteiger partial charge in [-0.1, -0.05) is 97.1 Å². The van der Waals surface area contributed by atoms with Crippen LogP contribution in [0.1, 0.15) is 0 Å². The van der Waals surface area contributed by atoms with E-state index in [0.29, 0.717) is 22.9 Å². The molecule has 10 aromatic rings. The summed E-state index contributed by atoms with van der Waals surface area (Å²) in [5, 5.41) is 0. The molecule has 8 aromatic carbocycles. The number of anilines is 6. The Labute approximate surface area is 324 Å². The predicted octanol–water partition coefficient (Wildman–Crippen LogP) is 13.9. The Bertz CT molecular complexity index is 2610. The quantitative estimate of drug-likeness (QED) is 0.148. The average molecular weight is 723 g/mol. The Balaban J connectivity index is 0.973. The van der Waals surface area contributed by atoms with Crippen LogP contribution in [-0.2, 0) is 0 Å². The summed E-state index contributed by atoms with van der Waals surface area (Å²) < 4.78 is 13.1. The van der Waals surface area contributed by atoms with Gasteiger partial charge in [0.15, 0.2) is 11.2 Å². The van der Waals surface area contributed by atoms with Crippen molar-refractivity contribution < 1.29 is 8.83 Å². The SMILES string of the molecule is c1ccc(N(c2ccccc2)c2ccc(-c3nc4cccc(-c5cccc6nc(-c7ccc(N(c8ccccc8)c8ccccc8)cc7)oc56)c4o3)cc2)cc1. The minimum absolute atomic E-state index is 0.551. The van der Waals surface area contributed by atoms with Crippen LogP contribution in [-0.4, -0.2) is 9.97 Å². The first-order chi connectivity index (χ1) is 27.8. The van der Waals surface area contributed by atoms with Gasteiger partial charge in [0.1, 0.15) is 11.0 Å². The molecule has 0 N–H and O–H groups in total. The van der Waals surface area contributed by atoms with Gasteiger partial charge in [-0.2, -0.15) is 0 Å². The summed E-state index contributed by atoms with van der Waals surface area (Å²) in [5.41, 5.74) is 12.9.